The van der Waals surface area contributed by atoms with Crippen molar-refractivity contribution in [2.24, 2.45) is 0 Å². The van der Waals surface area contributed by atoms with Gasteiger partial charge in [-0.2, -0.15) is 0 Å². The van der Waals surface area contributed by atoms with Crippen LogP contribution in [0.15, 0.2) is 24.3 Å². The summed E-state index contributed by atoms with van der Waals surface area (Å²) in [6, 6.07) is 6.66. The standard InChI is InChI=1S/C19H21ClN2O3S/c1-3-22-10-9-14-15(11-22)26-18(16(14)19(24)25-4-2)21-17(23)12-5-7-13(20)8-6-12/h5-8H,3-4,9-11H2,1-2H3,(H,21,23). The predicted molar refractivity (Wildman–Crippen MR) is 104 cm³/mol. The van der Waals surface area contributed by atoms with E-state index < -0.39 is 0 Å². The lowest BCUT2D eigenvalue weighted by Crippen LogP contribution is -2.30. The van der Waals surface area contributed by atoms with Gasteiger partial charge in [0.05, 0.1) is 12.2 Å². The number of amides is 1. The number of benzene rings is 1. The Kier molecular flexibility index (Phi) is 5.96. The van der Waals surface area contributed by atoms with Crippen LogP contribution in [0.4, 0.5) is 5.00 Å². The fourth-order valence-corrected chi connectivity index (χ4v) is 4.41. The summed E-state index contributed by atoms with van der Waals surface area (Å²) in [4.78, 5) is 28.5. The van der Waals surface area contributed by atoms with E-state index >= 15 is 0 Å². The number of anilines is 1. The summed E-state index contributed by atoms with van der Waals surface area (Å²) in [5.74, 6) is -0.639. The molecule has 0 bridgehead atoms. The molecule has 1 N–H and O–H groups in total. The number of thiophene rings is 1. The highest BCUT2D eigenvalue weighted by Gasteiger charge is 2.29. The van der Waals surface area contributed by atoms with Crippen LogP contribution in [-0.4, -0.2) is 36.5 Å². The van der Waals surface area contributed by atoms with Crippen molar-refractivity contribution in [2.75, 3.05) is 25.0 Å². The number of nitrogens with one attached hydrogen (secondary N) is 1. The van der Waals surface area contributed by atoms with E-state index in [9.17, 15) is 9.59 Å². The molecule has 138 valence electrons. The van der Waals surface area contributed by atoms with Gasteiger partial charge in [-0.25, -0.2) is 4.79 Å². The van der Waals surface area contributed by atoms with Crippen LogP contribution in [0, 0.1) is 0 Å². The Hall–Kier alpha value is -1.89. The first-order valence-electron chi connectivity index (χ1n) is 8.64. The second-order valence-corrected chi connectivity index (χ2v) is 7.55. The van der Waals surface area contributed by atoms with Gasteiger partial charge in [0, 0.05) is 28.6 Å². The molecular formula is C19H21ClN2O3S. The number of rotatable bonds is 5. The van der Waals surface area contributed by atoms with Crippen LogP contribution in [0.1, 0.15) is 45.0 Å². The number of halogens is 1. The molecule has 0 atom stereocenters. The highest BCUT2D eigenvalue weighted by atomic mass is 35.5. The molecule has 1 aromatic heterocycles. The highest BCUT2D eigenvalue weighted by molar-refractivity contribution is 7.17. The van der Waals surface area contributed by atoms with Gasteiger partial charge >= 0.3 is 5.97 Å². The SMILES string of the molecule is CCOC(=O)c1c(NC(=O)c2ccc(Cl)cc2)sc2c1CCN(CC)C2. The van der Waals surface area contributed by atoms with Gasteiger partial charge in [0.15, 0.2) is 0 Å². The molecule has 7 heteroatoms. The smallest absolute Gasteiger partial charge is 0.341 e. The molecule has 1 aromatic carbocycles. The topological polar surface area (TPSA) is 58.6 Å². The van der Waals surface area contributed by atoms with E-state index in [2.05, 4.69) is 17.1 Å². The molecule has 5 nitrogen and oxygen atoms in total. The van der Waals surface area contributed by atoms with Crippen LogP contribution < -0.4 is 5.32 Å². The van der Waals surface area contributed by atoms with Crippen LogP contribution >= 0.6 is 22.9 Å². The second-order valence-electron chi connectivity index (χ2n) is 6.01. The zero-order valence-corrected chi connectivity index (χ0v) is 16.4. The Morgan fingerprint density at radius 2 is 2.00 bits per heavy atom. The molecule has 3 rings (SSSR count). The number of likely N-dealkylation sites (N-methyl/N-ethyl adjacent to an activating group) is 1. The lowest BCUT2D eigenvalue weighted by Gasteiger charge is -2.25. The molecule has 1 amide bonds. The van der Waals surface area contributed by atoms with Crippen LogP contribution in [0.3, 0.4) is 0 Å². The number of hydrogen-bond acceptors (Lipinski definition) is 5. The van der Waals surface area contributed by atoms with Gasteiger partial charge in [0.2, 0.25) is 0 Å². The fourth-order valence-electron chi connectivity index (χ4n) is 3.01. The maximum atomic E-state index is 12.6. The molecule has 0 fully saturated rings. The van der Waals surface area contributed by atoms with Gasteiger partial charge in [-0.1, -0.05) is 18.5 Å². The lowest BCUT2D eigenvalue weighted by atomic mass is 10.0. The second kappa shape index (κ2) is 8.20. The van der Waals surface area contributed by atoms with Gasteiger partial charge in [-0.3, -0.25) is 9.69 Å². The Labute approximate surface area is 161 Å². The third-order valence-corrected chi connectivity index (χ3v) is 5.78. The minimum Gasteiger partial charge on any atom is -0.462 e. The van der Waals surface area contributed by atoms with Crippen LogP contribution in [0.5, 0.6) is 0 Å². The van der Waals surface area contributed by atoms with Gasteiger partial charge in [-0.15, -0.1) is 11.3 Å². The normalized spacial score (nSPS) is 14.0. The number of hydrogen-bond donors (Lipinski definition) is 1. The van der Waals surface area contributed by atoms with Crippen molar-refractivity contribution in [3.63, 3.8) is 0 Å². The Balaban J connectivity index is 1.92. The van der Waals surface area contributed by atoms with Crippen molar-refractivity contribution >= 4 is 39.8 Å². The van der Waals surface area contributed by atoms with Gasteiger partial charge in [0.25, 0.3) is 5.91 Å². The molecule has 0 radical (unpaired) electrons. The maximum absolute atomic E-state index is 12.6. The molecule has 26 heavy (non-hydrogen) atoms. The summed E-state index contributed by atoms with van der Waals surface area (Å²) in [5, 5.41) is 4.02. The molecule has 0 aliphatic carbocycles. The third kappa shape index (κ3) is 3.92. The Bertz CT molecular complexity index is 817. The van der Waals surface area contributed by atoms with E-state index in [1.807, 2.05) is 0 Å². The molecule has 2 heterocycles. The fraction of sp³-hybridized carbons (Fsp3) is 0.368. The number of ether oxygens (including phenoxy) is 1. The van der Waals surface area contributed by atoms with E-state index in [0.29, 0.717) is 27.8 Å². The average Bonchev–Trinajstić information content (AvgIpc) is 2.99. The predicted octanol–water partition coefficient (Wildman–Crippen LogP) is 4.21. The summed E-state index contributed by atoms with van der Waals surface area (Å²) in [7, 11) is 0. The van der Waals surface area contributed by atoms with E-state index in [-0.39, 0.29) is 11.9 Å². The summed E-state index contributed by atoms with van der Waals surface area (Å²) < 4.78 is 5.23. The zero-order chi connectivity index (χ0) is 18.7. The van der Waals surface area contributed by atoms with Crippen LogP contribution in [-0.2, 0) is 17.7 Å². The van der Waals surface area contributed by atoms with Crippen molar-refractivity contribution in [3.8, 4) is 0 Å². The van der Waals surface area contributed by atoms with E-state index in [4.69, 9.17) is 16.3 Å². The molecule has 2 aromatic rings. The van der Waals surface area contributed by atoms with Crippen molar-refractivity contribution in [1.82, 2.24) is 4.90 Å². The van der Waals surface area contributed by atoms with Gasteiger partial charge < -0.3 is 10.1 Å². The number of esters is 1. The summed E-state index contributed by atoms with van der Waals surface area (Å²) in [6.07, 6.45) is 0.782. The van der Waals surface area contributed by atoms with Crippen LogP contribution in [0.2, 0.25) is 5.02 Å². The minimum atomic E-state index is -0.374. The lowest BCUT2D eigenvalue weighted by molar-refractivity contribution is 0.0526. The van der Waals surface area contributed by atoms with Crippen molar-refractivity contribution in [2.45, 2.75) is 26.8 Å². The molecule has 1 aliphatic heterocycles. The minimum absolute atomic E-state index is 0.266. The highest BCUT2D eigenvalue weighted by Crippen LogP contribution is 2.37. The van der Waals surface area contributed by atoms with Crippen molar-refractivity contribution in [3.05, 3.63) is 50.9 Å². The number of carbonyl (C=O) groups is 2. The average molecular weight is 393 g/mol. The van der Waals surface area contributed by atoms with Crippen LogP contribution in [0.25, 0.3) is 0 Å². The third-order valence-electron chi connectivity index (χ3n) is 4.40. The Morgan fingerprint density at radius 3 is 2.65 bits per heavy atom. The number of carbonyl (C=O) groups excluding carboxylic acids is 2. The molecule has 1 aliphatic rings. The van der Waals surface area contributed by atoms with E-state index in [0.717, 1.165) is 36.5 Å². The monoisotopic (exact) mass is 392 g/mol. The molecule has 0 saturated heterocycles. The number of nitrogens with zero attached hydrogens (tertiary/aromatic N) is 1. The van der Waals surface area contributed by atoms with Crippen molar-refractivity contribution in [1.29, 1.82) is 0 Å². The van der Waals surface area contributed by atoms with Gasteiger partial charge in [0.1, 0.15) is 5.00 Å². The first-order valence-corrected chi connectivity index (χ1v) is 9.83. The molecule has 0 saturated carbocycles. The molecule has 0 unspecified atom stereocenters. The van der Waals surface area contributed by atoms with E-state index in [1.165, 1.54) is 11.3 Å². The first kappa shape index (κ1) is 18.9. The molecular weight excluding hydrogens is 372 g/mol. The largest absolute Gasteiger partial charge is 0.462 e. The maximum Gasteiger partial charge on any atom is 0.341 e. The zero-order valence-electron chi connectivity index (χ0n) is 14.8. The summed E-state index contributed by atoms with van der Waals surface area (Å²) in [5.41, 5.74) is 2.00. The number of fused-ring (bicyclic) bond motifs is 1. The summed E-state index contributed by atoms with van der Waals surface area (Å²) in [6.45, 7) is 6.85. The Morgan fingerprint density at radius 1 is 1.27 bits per heavy atom. The van der Waals surface area contributed by atoms with E-state index in [1.54, 1.807) is 31.2 Å². The summed E-state index contributed by atoms with van der Waals surface area (Å²) >= 11 is 7.34. The van der Waals surface area contributed by atoms with Crippen molar-refractivity contribution < 1.29 is 14.3 Å². The molecule has 0 spiro atoms. The quantitative estimate of drug-likeness (QED) is 0.774. The van der Waals surface area contributed by atoms with Gasteiger partial charge in [-0.05, 0) is 49.7 Å². The first-order chi connectivity index (χ1) is 12.5.